The number of piperidine rings is 1. The molecule has 1 N–H and O–H groups in total. The maximum absolute atomic E-state index is 13.2. The fourth-order valence-corrected chi connectivity index (χ4v) is 5.88. The summed E-state index contributed by atoms with van der Waals surface area (Å²) in [6.07, 6.45) is -5.11. The SMILES string of the molecule is CC(C)C[C@H](C(=O)O)c1cc(-c2ccc(C(F)(F)F)cc2)cc(C2CCCN(CCCc3ccc(C(F)(F)F)cc3)C2)c1. The van der Waals surface area contributed by atoms with Gasteiger partial charge in [0.2, 0.25) is 0 Å². The van der Waals surface area contributed by atoms with Crippen molar-refractivity contribution < 1.29 is 36.2 Å². The van der Waals surface area contributed by atoms with Crippen LogP contribution in [-0.4, -0.2) is 35.6 Å². The fraction of sp³-hybridized carbons (Fsp3) is 0.441. The molecular formula is C34H37F6NO2. The zero-order valence-electron chi connectivity index (χ0n) is 24.3. The summed E-state index contributed by atoms with van der Waals surface area (Å²) in [6, 6.07) is 15.9. The van der Waals surface area contributed by atoms with Gasteiger partial charge < -0.3 is 10.0 Å². The Bertz CT molecular complexity index is 1360. The van der Waals surface area contributed by atoms with Gasteiger partial charge in [-0.2, -0.15) is 26.3 Å². The number of aliphatic carboxylic acids is 1. The van der Waals surface area contributed by atoms with Crippen LogP contribution in [0.15, 0.2) is 66.7 Å². The summed E-state index contributed by atoms with van der Waals surface area (Å²) >= 11 is 0. The highest BCUT2D eigenvalue weighted by Gasteiger charge is 2.31. The third-order valence-electron chi connectivity index (χ3n) is 8.13. The van der Waals surface area contributed by atoms with E-state index in [0.29, 0.717) is 29.5 Å². The second kappa shape index (κ2) is 13.5. The van der Waals surface area contributed by atoms with Gasteiger partial charge in [-0.25, -0.2) is 0 Å². The molecule has 2 atom stereocenters. The summed E-state index contributed by atoms with van der Waals surface area (Å²) in [5.74, 6) is -1.43. The third-order valence-corrected chi connectivity index (χ3v) is 8.13. The Balaban J connectivity index is 1.54. The summed E-state index contributed by atoms with van der Waals surface area (Å²) < 4.78 is 78.1. The van der Waals surface area contributed by atoms with Crippen LogP contribution < -0.4 is 0 Å². The van der Waals surface area contributed by atoms with Gasteiger partial charge in [-0.15, -0.1) is 0 Å². The Morgan fingerprint density at radius 3 is 2.05 bits per heavy atom. The quantitative estimate of drug-likeness (QED) is 0.234. The molecule has 0 bridgehead atoms. The smallest absolute Gasteiger partial charge is 0.416 e. The lowest BCUT2D eigenvalue weighted by molar-refractivity contribution is -0.139. The van der Waals surface area contributed by atoms with E-state index in [1.807, 2.05) is 26.0 Å². The fourth-order valence-electron chi connectivity index (χ4n) is 5.88. The van der Waals surface area contributed by atoms with E-state index in [9.17, 15) is 36.2 Å². The van der Waals surface area contributed by atoms with Crippen molar-refractivity contribution in [2.24, 2.45) is 5.92 Å². The zero-order valence-corrected chi connectivity index (χ0v) is 24.3. The van der Waals surface area contributed by atoms with E-state index in [2.05, 4.69) is 4.90 Å². The highest BCUT2D eigenvalue weighted by molar-refractivity contribution is 5.78. The first kappa shape index (κ1) is 32.6. The van der Waals surface area contributed by atoms with E-state index in [0.717, 1.165) is 74.3 Å². The van der Waals surface area contributed by atoms with Gasteiger partial charge in [0.25, 0.3) is 0 Å². The summed E-state index contributed by atoms with van der Waals surface area (Å²) in [5.41, 5.74) is 2.34. The number of halogens is 6. The minimum absolute atomic E-state index is 0.112. The summed E-state index contributed by atoms with van der Waals surface area (Å²) in [4.78, 5) is 14.6. The van der Waals surface area contributed by atoms with Gasteiger partial charge in [0.1, 0.15) is 0 Å². The molecule has 0 aromatic heterocycles. The van der Waals surface area contributed by atoms with Crippen LogP contribution in [0.25, 0.3) is 11.1 Å². The molecule has 0 aliphatic carbocycles. The van der Waals surface area contributed by atoms with Gasteiger partial charge in [0, 0.05) is 6.54 Å². The van der Waals surface area contributed by atoms with Crippen LogP contribution in [0, 0.1) is 5.92 Å². The summed E-state index contributed by atoms with van der Waals surface area (Å²) in [7, 11) is 0. The monoisotopic (exact) mass is 605 g/mol. The lowest BCUT2D eigenvalue weighted by Crippen LogP contribution is -2.35. The molecule has 4 rings (SSSR count). The topological polar surface area (TPSA) is 40.5 Å². The number of carboxylic acids is 1. The zero-order chi connectivity index (χ0) is 31.4. The first-order chi connectivity index (χ1) is 20.2. The van der Waals surface area contributed by atoms with Gasteiger partial charge in [-0.1, -0.05) is 56.3 Å². The summed E-state index contributed by atoms with van der Waals surface area (Å²) in [5, 5.41) is 10.1. The predicted octanol–water partition coefficient (Wildman–Crippen LogP) is 9.42. The van der Waals surface area contributed by atoms with Crippen LogP contribution in [0.5, 0.6) is 0 Å². The minimum Gasteiger partial charge on any atom is -0.481 e. The number of benzene rings is 3. The summed E-state index contributed by atoms with van der Waals surface area (Å²) in [6.45, 7) is 6.32. The normalized spacial score (nSPS) is 17.3. The highest BCUT2D eigenvalue weighted by Crippen LogP contribution is 2.37. The maximum atomic E-state index is 13.2. The first-order valence-electron chi connectivity index (χ1n) is 14.6. The largest absolute Gasteiger partial charge is 0.481 e. The lowest BCUT2D eigenvalue weighted by Gasteiger charge is -2.33. The number of hydrogen-bond acceptors (Lipinski definition) is 2. The standard InChI is InChI=1S/C34H37F6NO2/c1-22(2)17-31(32(42)43)28-19-26(24-9-13-30(14-10-24)34(38,39)40)18-27(20-28)25-6-4-16-41(21-25)15-3-5-23-7-11-29(12-8-23)33(35,36)37/h7-14,18-20,22,25,31H,3-6,15-17,21H2,1-2H3,(H,42,43)/t25?,31-/m0/s1. The molecule has 0 radical (unpaired) electrons. The van der Waals surface area contributed by atoms with Crippen molar-refractivity contribution in [2.75, 3.05) is 19.6 Å². The Kier molecular flexibility index (Phi) is 10.3. The van der Waals surface area contributed by atoms with Crippen LogP contribution in [0.4, 0.5) is 26.3 Å². The molecule has 3 nitrogen and oxygen atoms in total. The molecule has 1 aliphatic heterocycles. The molecule has 232 valence electrons. The van der Waals surface area contributed by atoms with Crippen LogP contribution in [0.2, 0.25) is 0 Å². The van der Waals surface area contributed by atoms with Gasteiger partial charge in [-0.05, 0) is 109 Å². The number of hydrogen-bond donors (Lipinski definition) is 1. The van der Waals surface area contributed by atoms with Crippen LogP contribution >= 0.6 is 0 Å². The van der Waals surface area contributed by atoms with Gasteiger partial charge in [-0.3, -0.25) is 4.79 Å². The number of rotatable bonds is 10. The molecule has 1 saturated heterocycles. The first-order valence-corrected chi connectivity index (χ1v) is 14.6. The van der Waals surface area contributed by atoms with Gasteiger partial charge >= 0.3 is 18.3 Å². The predicted molar refractivity (Wildman–Crippen MR) is 155 cm³/mol. The number of alkyl halides is 6. The molecular weight excluding hydrogens is 568 g/mol. The van der Waals surface area contributed by atoms with Crippen molar-refractivity contribution in [3.05, 3.63) is 94.5 Å². The van der Waals surface area contributed by atoms with Crippen LogP contribution in [0.3, 0.4) is 0 Å². The lowest BCUT2D eigenvalue weighted by atomic mass is 9.83. The van der Waals surface area contributed by atoms with Crippen LogP contribution in [-0.2, 0) is 23.6 Å². The van der Waals surface area contributed by atoms with E-state index in [-0.39, 0.29) is 11.8 Å². The molecule has 9 heteroatoms. The Morgan fingerprint density at radius 1 is 0.884 bits per heavy atom. The molecule has 0 amide bonds. The maximum Gasteiger partial charge on any atom is 0.416 e. The average molecular weight is 606 g/mol. The van der Waals surface area contributed by atoms with Crippen molar-refractivity contribution in [3.63, 3.8) is 0 Å². The average Bonchev–Trinajstić information content (AvgIpc) is 2.95. The van der Waals surface area contributed by atoms with Gasteiger partial charge in [0.05, 0.1) is 17.0 Å². The third kappa shape index (κ3) is 8.85. The van der Waals surface area contributed by atoms with E-state index >= 15 is 0 Å². The number of nitrogens with zero attached hydrogens (tertiary/aromatic N) is 1. The molecule has 0 spiro atoms. The van der Waals surface area contributed by atoms with Crippen LogP contribution in [0.1, 0.15) is 79.2 Å². The van der Waals surface area contributed by atoms with Crippen molar-refractivity contribution >= 4 is 5.97 Å². The van der Waals surface area contributed by atoms with E-state index in [1.54, 1.807) is 6.07 Å². The second-order valence-corrected chi connectivity index (χ2v) is 11.9. The molecule has 1 unspecified atom stereocenters. The number of carbonyl (C=O) groups is 1. The van der Waals surface area contributed by atoms with Crippen molar-refractivity contribution in [1.82, 2.24) is 4.90 Å². The number of aryl methyl sites for hydroxylation is 1. The van der Waals surface area contributed by atoms with Crippen molar-refractivity contribution in [3.8, 4) is 11.1 Å². The van der Waals surface area contributed by atoms with E-state index in [1.165, 1.54) is 24.3 Å². The molecule has 1 fully saturated rings. The second-order valence-electron chi connectivity index (χ2n) is 11.9. The Labute approximate surface area is 248 Å². The minimum atomic E-state index is -4.45. The highest BCUT2D eigenvalue weighted by atomic mass is 19.4. The van der Waals surface area contributed by atoms with E-state index in [4.69, 9.17) is 0 Å². The molecule has 3 aromatic carbocycles. The Morgan fingerprint density at radius 2 is 1.49 bits per heavy atom. The van der Waals surface area contributed by atoms with Gasteiger partial charge in [0.15, 0.2) is 0 Å². The molecule has 0 saturated carbocycles. The number of likely N-dealkylation sites (tertiary alicyclic amines) is 1. The van der Waals surface area contributed by atoms with E-state index < -0.39 is 35.4 Å². The molecule has 3 aromatic rings. The molecule has 1 heterocycles. The van der Waals surface area contributed by atoms with Crippen molar-refractivity contribution in [1.29, 1.82) is 0 Å². The van der Waals surface area contributed by atoms with Crippen molar-refractivity contribution in [2.45, 2.75) is 70.1 Å². The number of carboxylic acid groups (broad SMARTS) is 1. The Hall–Kier alpha value is -3.33. The molecule has 43 heavy (non-hydrogen) atoms. The molecule has 1 aliphatic rings.